The van der Waals surface area contributed by atoms with Gasteiger partial charge in [-0.05, 0) is 70.6 Å². The number of allylic oxidation sites excluding steroid dienone is 12. The zero-order valence-electron chi connectivity index (χ0n) is 40.4. The maximum absolute atomic E-state index is 12.7. The van der Waals surface area contributed by atoms with Gasteiger partial charge in [-0.2, -0.15) is 0 Å². The highest BCUT2D eigenvalue weighted by atomic mass is 31.2. The summed E-state index contributed by atoms with van der Waals surface area (Å²) in [5.74, 6) is -0.987. The molecular formula is C52H91NO9P+. The molecule has 0 aliphatic rings. The summed E-state index contributed by atoms with van der Waals surface area (Å²) < 4.78 is 34.2. The van der Waals surface area contributed by atoms with Crippen molar-refractivity contribution >= 4 is 19.8 Å². The molecule has 362 valence electrons. The number of carbonyl (C=O) groups is 2. The monoisotopic (exact) mass is 905 g/mol. The lowest BCUT2D eigenvalue weighted by Crippen LogP contribution is -2.37. The summed E-state index contributed by atoms with van der Waals surface area (Å²) in [4.78, 5) is 35.5. The number of rotatable bonds is 43. The Morgan fingerprint density at radius 3 is 1.71 bits per heavy atom. The summed E-state index contributed by atoms with van der Waals surface area (Å²) in [6.07, 6.45) is 52.4. The van der Waals surface area contributed by atoms with Crippen LogP contribution in [0.5, 0.6) is 0 Å². The first kappa shape index (κ1) is 60.2. The molecule has 0 aromatic rings. The predicted octanol–water partition coefficient (Wildman–Crippen LogP) is 13.3. The highest BCUT2D eigenvalue weighted by Crippen LogP contribution is 2.43. The van der Waals surface area contributed by atoms with E-state index in [0.717, 1.165) is 44.9 Å². The van der Waals surface area contributed by atoms with Gasteiger partial charge in [-0.1, -0.05) is 176 Å². The first-order valence-corrected chi connectivity index (χ1v) is 25.9. The van der Waals surface area contributed by atoms with Crippen molar-refractivity contribution in [3.63, 3.8) is 0 Å². The van der Waals surface area contributed by atoms with Crippen LogP contribution < -0.4 is 0 Å². The molecule has 63 heavy (non-hydrogen) atoms. The van der Waals surface area contributed by atoms with E-state index in [1.165, 1.54) is 83.5 Å². The van der Waals surface area contributed by atoms with Crippen LogP contribution in [0.4, 0.5) is 0 Å². The molecule has 0 bridgehead atoms. The molecule has 0 saturated carbocycles. The SMILES string of the molecule is CC/C=C\C/C=C\C/C=C\C/C=C\C=C/C(O)C/C=C\CCC(=O)O[C@H](COC(=O)CCCCCCCCCCC/C=C\CCCCCCCC)COP(=O)(O)OCC[N+](C)(C)C. The predicted molar refractivity (Wildman–Crippen MR) is 262 cm³/mol. The number of hydrogen-bond acceptors (Lipinski definition) is 8. The summed E-state index contributed by atoms with van der Waals surface area (Å²) in [7, 11) is 1.36. The number of hydrogen-bond donors (Lipinski definition) is 2. The summed E-state index contributed by atoms with van der Waals surface area (Å²) in [6.45, 7) is 4.09. The number of aliphatic hydroxyl groups excluding tert-OH is 1. The summed E-state index contributed by atoms with van der Waals surface area (Å²) in [6, 6.07) is 0. The number of phosphoric acid groups is 1. The van der Waals surface area contributed by atoms with Crippen molar-refractivity contribution in [2.45, 2.75) is 187 Å². The second kappa shape index (κ2) is 43.1. The minimum atomic E-state index is -4.43. The molecule has 0 amide bonds. The number of carbonyl (C=O) groups excluding carboxylic acids is 2. The van der Waals surface area contributed by atoms with Crippen LogP contribution in [0.1, 0.15) is 174 Å². The van der Waals surface area contributed by atoms with Crippen molar-refractivity contribution in [3.8, 4) is 0 Å². The molecule has 0 rings (SSSR count). The average Bonchev–Trinajstić information content (AvgIpc) is 3.23. The Balaban J connectivity index is 4.51. The van der Waals surface area contributed by atoms with Crippen LogP contribution in [0.25, 0.3) is 0 Å². The molecular weight excluding hydrogens is 814 g/mol. The fourth-order valence-electron chi connectivity index (χ4n) is 6.18. The molecule has 0 spiro atoms. The quantitative estimate of drug-likeness (QED) is 0.0153. The van der Waals surface area contributed by atoms with Gasteiger partial charge >= 0.3 is 19.8 Å². The van der Waals surface area contributed by atoms with Crippen LogP contribution in [0.15, 0.2) is 85.1 Å². The zero-order valence-corrected chi connectivity index (χ0v) is 41.3. The minimum Gasteiger partial charge on any atom is -0.462 e. The van der Waals surface area contributed by atoms with Crippen LogP contribution >= 0.6 is 7.82 Å². The van der Waals surface area contributed by atoms with Gasteiger partial charge in [0.2, 0.25) is 0 Å². The van der Waals surface area contributed by atoms with Crippen molar-refractivity contribution in [2.24, 2.45) is 0 Å². The molecule has 2 N–H and O–H groups in total. The van der Waals surface area contributed by atoms with E-state index >= 15 is 0 Å². The molecule has 0 fully saturated rings. The molecule has 0 aromatic heterocycles. The molecule has 11 heteroatoms. The average molecular weight is 905 g/mol. The Bertz CT molecular complexity index is 1360. The van der Waals surface area contributed by atoms with Crippen molar-refractivity contribution < 1.29 is 47.2 Å². The molecule has 2 unspecified atom stereocenters. The summed E-state index contributed by atoms with van der Waals surface area (Å²) >= 11 is 0. The van der Waals surface area contributed by atoms with Crippen LogP contribution in [0, 0.1) is 0 Å². The van der Waals surface area contributed by atoms with Gasteiger partial charge in [0.25, 0.3) is 0 Å². The third kappa shape index (κ3) is 46.9. The minimum absolute atomic E-state index is 0.00473. The van der Waals surface area contributed by atoms with Crippen LogP contribution in [-0.4, -0.2) is 86.1 Å². The highest BCUT2D eigenvalue weighted by Gasteiger charge is 2.27. The number of esters is 2. The summed E-state index contributed by atoms with van der Waals surface area (Å²) in [5, 5.41) is 10.3. The van der Waals surface area contributed by atoms with Gasteiger partial charge in [-0.3, -0.25) is 18.6 Å². The molecule has 3 atom stereocenters. The van der Waals surface area contributed by atoms with Crippen LogP contribution in [-0.2, 0) is 32.7 Å². The lowest BCUT2D eigenvalue weighted by atomic mass is 10.1. The number of aliphatic hydroxyl groups is 1. The van der Waals surface area contributed by atoms with E-state index in [9.17, 15) is 24.2 Å². The summed E-state index contributed by atoms with van der Waals surface area (Å²) in [5.41, 5.74) is 0. The Kier molecular flexibility index (Phi) is 41.1. The van der Waals surface area contributed by atoms with Gasteiger partial charge in [0.15, 0.2) is 6.10 Å². The number of nitrogens with zero attached hydrogens (tertiary/aromatic N) is 1. The van der Waals surface area contributed by atoms with Crippen molar-refractivity contribution in [3.05, 3.63) is 85.1 Å². The Morgan fingerprint density at radius 1 is 0.587 bits per heavy atom. The number of phosphoric ester groups is 1. The van der Waals surface area contributed by atoms with E-state index in [1.54, 1.807) is 18.2 Å². The molecule has 0 aliphatic carbocycles. The fraction of sp³-hybridized carbons (Fsp3) is 0.692. The zero-order chi connectivity index (χ0) is 46.5. The van der Waals surface area contributed by atoms with E-state index < -0.39 is 38.6 Å². The van der Waals surface area contributed by atoms with Gasteiger partial charge < -0.3 is 24.0 Å². The lowest BCUT2D eigenvalue weighted by molar-refractivity contribution is -0.870. The van der Waals surface area contributed by atoms with Crippen LogP contribution in [0.2, 0.25) is 0 Å². The normalized spacial score (nSPS) is 14.7. The molecule has 0 heterocycles. The Labute approximate surface area is 384 Å². The topological polar surface area (TPSA) is 129 Å². The number of ether oxygens (including phenoxy) is 2. The van der Waals surface area contributed by atoms with Crippen molar-refractivity contribution in [1.82, 2.24) is 0 Å². The molecule has 0 aliphatic heterocycles. The van der Waals surface area contributed by atoms with Crippen LogP contribution in [0.3, 0.4) is 0 Å². The first-order chi connectivity index (χ1) is 30.4. The van der Waals surface area contributed by atoms with E-state index in [-0.39, 0.29) is 26.1 Å². The van der Waals surface area contributed by atoms with Gasteiger partial charge in [0.1, 0.15) is 19.8 Å². The van der Waals surface area contributed by atoms with Gasteiger partial charge in [0, 0.05) is 12.8 Å². The number of likely N-dealkylation sites (N-methyl/N-ethyl adjacent to an activating group) is 1. The van der Waals surface area contributed by atoms with Gasteiger partial charge in [-0.15, -0.1) is 0 Å². The lowest BCUT2D eigenvalue weighted by Gasteiger charge is -2.24. The van der Waals surface area contributed by atoms with E-state index in [0.29, 0.717) is 30.3 Å². The molecule has 10 nitrogen and oxygen atoms in total. The first-order valence-electron chi connectivity index (χ1n) is 24.4. The van der Waals surface area contributed by atoms with Gasteiger partial charge in [-0.25, -0.2) is 4.57 Å². The molecule has 0 aromatic carbocycles. The van der Waals surface area contributed by atoms with Crippen molar-refractivity contribution in [1.29, 1.82) is 0 Å². The van der Waals surface area contributed by atoms with Gasteiger partial charge in [0.05, 0.1) is 33.9 Å². The third-order valence-corrected chi connectivity index (χ3v) is 11.0. The molecule has 0 saturated heterocycles. The fourth-order valence-corrected chi connectivity index (χ4v) is 6.92. The maximum atomic E-state index is 12.7. The highest BCUT2D eigenvalue weighted by molar-refractivity contribution is 7.47. The molecule has 0 radical (unpaired) electrons. The Morgan fingerprint density at radius 2 is 1.13 bits per heavy atom. The smallest absolute Gasteiger partial charge is 0.462 e. The number of unbranched alkanes of at least 4 members (excludes halogenated alkanes) is 15. The largest absolute Gasteiger partial charge is 0.472 e. The maximum Gasteiger partial charge on any atom is 0.472 e. The second-order valence-corrected chi connectivity index (χ2v) is 18.8. The van der Waals surface area contributed by atoms with E-state index in [2.05, 4.69) is 62.5 Å². The third-order valence-electron chi connectivity index (χ3n) is 10.0. The van der Waals surface area contributed by atoms with Crippen molar-refractivity contribution in [2.75, 3.05) is 47.5 Å². The standard InChI is InChI=1S/C52H90NO9P/c1-6-8-10-12-14-16-18-20-21-22-23-24-25-27-29-31-33-35-39-43-51(55)59-47-50(48-61-63(57,58)60-46-45-53(3,4)5)62-52(56)44-40-36-38-42-49(54)41-37-34-32-30-28-26-19-17-15-13-11-9-7-2/h9,11,15,17,20-21,26,28,32,34,36-38,41,49-50,54H,6-8,10,12-14,16,18-19,22-25,27,29-31,33,35,39-40,42-48H2,1-5H3/p+1/b11-9-,17-15-,21-20-,28-26-,34-32-,38-36-,41-37-/t49?,50-/m1/s1. The number of quaternary nitrogens is 1. The Hall–Kier alpha value is -2.85. The van der Waals surface area contributed by atoms with E-state index in [1.807, 2.05) is 39.4 Å². The van der Waals surface area contributed by atoms with E-state index in [4.69, 9.17) is 18.5 Å². The second-order valence-electron chi connectivity index (χ2n) is 17.3.